The van der Waals surface area contributed by atoms with Crippen LogP contribution < -0.4 is 41.0 Å². The number of anilines is 4. The Balaban J connectivity index is 0.000000788. The van der Waals surface area contributed by atoms with E-state index in [1.807, 2.05) is 45.9 Å². The first-order chi connectivity index (χ1) is 19.4. The molecule has 0 unspecified atom stereocenters. The van der Waals surface area contributed by atoms with Gasteiger partial charge < -0.3 is 42.9 Å². The van der Waals surface area contributed by atoms with Crippen LogP contribution in [-0.2, 0) is 4.74 Å². The van der Waals surface area contributed by atoms with E-state index >= 15 is 0 Å². The van der Waals surface area contributed by atoms with Gasteiger partial charge in [0.1, 0.15) is 11.6 Å². The maximum atomic E-state index is 11.4. The average Bonchev–Trinajstić information content (AvgIpc) is 2.92. The van der Waals surface area contributed by atoms with Crippen molar-refractivity contribution in [2.45, 2.75) is 39.8 Å². The molecule has 15 heteroatoms. The van der Waals surface area contributed by atoms with Crippen molar-refractivity contribution in [2.24, 2.45) is 0 Å². The summed E-state index contributed by atoms with van der Waals surface area (Å²) in [5, 5.41) is 15.3. The van der Waals surface area contributed by atoms with Gasteiger partial charge in [-0.1, -0.05) is 24.3 Å². The summed E-state index contributed by atoms with van der Waals surface area (Å²) < 4.78 is 4.67. The van der Waals surface area contributed by atoms with E-state index in [2.05, 4.69) is 35.3 Å². The maximum absolute atomic E-state index is 11.4. The number of carbonyl (C=O) groups excluding carboxylic acids is 1. The first-order valence-electron chi connectivity index (χ1n) is 12.7. The Labute approximate surface area is 267 Å². The van der Waals surface area contributed by atoms with Crippen molar-refractivity contribution >= 4 is 35.5 Å². The average molecular weight is 601 g/mol. The Kier molecular flexibility index (Phi) is 16.1. The van der Waals surface area contributed by atoms with Gasteiger partial charge in [-0.25, -0.2) is 19.6 Å². The van der Waals surface area contributed by atoms with Gasteiger partial charge in [-0.3, -0.25) is 0 Å². The predicted octanol–water partition coefficient (Wildman–Crippen LogP) is 0.568. The van der Waals surface area contributed by atoms with Crippen LogP contribution in [0.25, 0.3) is 0 Å². The maximum Gasteiger partial charge on any atom is 1.00 e. The summed E-state index contributed by atoms with van der Waals surface area (Å²) in [6, 6.07) is 17.6. The SMILES string of the molecule is COC(=O)c1ccc([C@H](C)Nc2cc(C)nc(N)n2)cc1.Cc1cc(N[C@@H](C)c2ccc(C(=O)O)cc2)nc(N)n1.O.[Li+].[OH-]. The second-order valence-corrected chi connectivity index (χ2v) is 9.28. The number of nitrogens with zero attached hydrogens (tertiary/aromatic N) is 4. The number of aryl methyl sites for hydroxylation is 2. The third kappa shape index (κ3) is 11.5. The first kappa shape index (κ1) is 39.3. The zero-order valence-electron chi connectivity index (χ0n) is 25.5. The summed E-state index contributed by atoms with van der Waals surface area (Å²) in [6.07, 6.45) is 0. The van der Waals surface area contributed by atoms with E-state index in [4.69, 9.17) is 16.6 Å². The van der Waals surface area contributed by atoms with Gasteiger partial charge in [0, 0.05) is 35.6 Å². The number of hydrogen-bond donors (Lipinski definition) is 5. The zero-order chi connectivity index (χ0) is 30.1. The van der Waals surface area contributed by atoms with Gasteiger partial charge in [0.2, 0.25) is 11.9 Å². The molecule has 0 aliphatic heterocycles. The van der Waals surface area contributed by atoms with Gasteiger partial charge in [0.15, 0.2) is 0 Å². The smallest absolute Gasteiger partial charge is 0.870 e. The minimum atomic E-state index is -0.934. The van der Waals surface area contributed by atoms with Gasteiger partial charge >= 0.3 is 30.8 Å². The Hall–Kier alpha value is -4.74. The summed E-state index contributed by atoms with van der Waals surface area (Å²) in [4.78, 5) is 38.5. The Bertz CT molecular complexity index is 1470. The number of ether oxygens (including phenoxy) is 1. The molecule has 10 N–H and O–H groups in total. The molecule has 0 aliphatic rings. The molecule has 0 saturated heterocycles. The normalized spacial score (nSPS) is 11.0. The van der Waals surface area contributed by atoms with Gasteiger partial charge in [0.05, 0.1) is 18.2 Å². The fourth-order valence-corrected chi connectivity index (χ4v) is 3.88. The van der Waals surface area contributed by atoms with Crippen molar-refractivity contribution in [2.75, 3.05) is 29.2 Å². The molecule has 2 aromatic carbocycles. The van der Waals surface area contributed by atoms with Crippen LogP contribution in [-0.4, -0.2) is 55.0 Å². The number of carboxylic acids is 1. The van der Waals surface area contributed by atoms with E-state index in [1.54, 1.807) is 42.5 Å². The second-order valence-electron chi connectivity index (χ2n) is 9.28. The molecular formula is C29H37LiN8O6. The van der Waals surface area contributed by atoms with E-state index in [9.17, 15) is 9.59 Å². The molecule has 0 aliphatic carbocycles. The molecular weight excluding hydrogens is 563 g/mol. The molecule has 2 atom stereocenters. The molecule has 0 spiro atoms. The number of carbonyl (C=O) groups is 2. The van der Waals surface area contributed by atoms with Crippen LogP contribution >= 0.6 is 0 Å². The van der Waals surface area contributed by atoms with Crippen molar-refractivity contribution in [3.05, 3.63) is 94.3 Å². The van der Waals surface area contributed by atoms with Crippen molar-refractivity contribution in [1.29, 1.82) is 0 Å². The fraction of sp³-hybridized carbons (Fsp3) is 0.241. The van der Waals surface area contributed by atoms with E-state index in [-0.39, 0.29) is 65.3 Å². The largest absolute Gasteiger partial charge is 1.00 e. The number of methoxy groups -OCH3 is 1. The summed E-state index contributed by atoms with van der Waals surface area (Å²) >= 11 is 0. The summed E-state index contributed by atoms with van der Waals surface area (Å²) in [5.74, 6) is 0.499. The van der Waals surface area contributed by atoms with E-state index in [0.717, 1.165) is 22.5 Å². The van der Waals surface area contributed by atoms with Crippen LogP contribution in [0.5, 0.6) is 0 Å². The Morgan fingerprint density at radius 1 is 0.750 bits per heavy atom. The minimum absolute atomic E-state index is 0. The second kappa shape index (κ2) is 18.0. The summed E-state index contributed by atoms with van der Waals surface area (Å²) in [5.41, 5.74) is 15.6. The third-order valence-electron chi connectivity index (χ3n) is 5.96. The topological polar surface area (TPSA) is 253 Å². The predicted molar refractivity (Wildman–Crippen MR) is 163 cm³/mol. The third-order valence-corrected chi connectivity index (χ3v) is 5.96. The van der Waals surface area contributed by atoms with E-state index < -0.39 is 5.97 Å². The molecule has 0 fully saturated rings. The van der Waals surface area contributed by atoms with Crippen molar-refractivity contribution < 1.29 is 49.2 Å². The summed E-state index contributed by atoms with van der Waals surface area (Å²) in [7, 11) is 1.36. The van der Waals surface area contributed by atoms with Crippen LogP contribution in [0.4, 0.5) is 23.5 Å². The molecule has 2 aromatic heterocycles. The van der Waals surface area contributed by atoms with Crippen LogP contribution in [0.2, 0.25) is 0 Å². The number of benzene rings is 2. The number of aromatic carboxylic acids is 1. The number of nitrogens with one attached hydrogen (secondary N) is 2. The number of nitrogen functional groups attached to an aromatic ring is 2. The fourth-order valence-electron chi connectivity index (χ4n) is 3.88. The Morgan fingerprint density at radius 2 is 1.11 bits per heavy atom. The van der Waals surface area contributed by atoms with Gasteiger partial charge in [0.25, 0.3) is 0 Å². The molecule has 0 saturated carbocycles. The van der Waals surface area contributed by atoms with E-state index in [0.29, 0.717) is 17.2 Å². The zero-order valence-corrected chi connectivity index (χ0v) is 25.5. The van der Waals surface area contributed by atoms with E-state index in [1.165, 1.54) is 7.11 Å². The summed E-state index contributed by atoms with van der Waals surface area (Å²) in [6.45, 7) is 7.67. The molecule has 4 rings (SSSR count). The number of hydrogen-bond acceptors (Lipinski definition) is 12. The quantitative estimate of drug-likeness (QED) is 0.137. The molecule has 0 amide bonds. The van der Waals surface area contributed by atoms with Crippen molar-refractivity contribution in [3.63, 3.8) is 0 Å². The first-order valence-corrected chi connectivity index (χ1v) is 12.7. The van der Waals surface area contributed by atoms with Crippen LogP contribution in [0.3, 0.4) is 0 Å². The molecule has 0 bridgehead atoms. The van der Waals surface area contributed by atoms with Crippen molar-refractivity contribution in [1.82, 2.24) is 19.9 Å². The number of nitrogens with two attached hydrogens (primary N) is 2. The minimum Gasteiger partial charge on any atom is -0.870 e. The van der Waals surface area contributed by atoms with Crippen molar-refractivity contribution in [3.8, 4) is 0 Å². The van der Waals surface area contributed by atoms with Crippen LogP contribution in [0.15, 0.2) is 60.7 Å². The van der Waals surface area contributed by atoms with Gasteiger partial charge in [-0.15, -0.1) is 0 Å². The number of esters is 1. The molecule has 14 nitrogen and oxygen atoms in total. The monoisotopic (exact) mass is 600 g/mol. The molecule has 2 heterocycles. The standard InChI is InChI=1S/C15H18N4O2.C14H16N4O2.Li.2H2O/c1-9-8-13(19-15(16)17-9)18-10(2)11-4-6-12(7-5-11)14(20)21-3;1-8-7-12(18-14(15)16-8)17-9(2)10-3-5-11(6-4-10)13(19)20;;;/h4-8,10H,1-3H3,(H3,16,17,18,19);3-7,9H,1-2H3,(H,19,20)(H3,15,16,17,18);;2*1H2/q;;+1;;/p-1/t10-;9-;;;/m00.../s1. The number of rotatable bonds is 8. The number of carboxylic acid groups (broad SMARTS) is 1. The van der Waals surface area contributed by atoms with Gasteiger partial charge in [-0.2, -0.15) is 9.97 Å². The van der Waals surface area contributed by atoms with Gasteiger partial charge in [-0.05, 0) is 63.1 Å². The Morgan fingerprint density at radius 3 is 1.43 bits per heavy atom. The van der Waals surface area contributed by atoms with Crippen LogP contribution in [0, 0.1) is 13.8 Å². The van der Waals surface area contributed by atoms with Crippen LogP contribution in [0.1, 0.15) is 69.2 Å². The molecule has 44 heavy (non-hydrogen) atoms. The number of aromatic nitrogens is 4. The molecule has 230 valence electrons. The molecule has 4 aromatic rings. The molecule has 0 radical (unpaired) electrons.